The van der Waals surface area contributed by atoms with Crippen molar-refractivity contribution in [3.63, 3.8) is 0 Å². The number of methoxy groups -OCH3 is 1. The number of carbonyl (C=O) groups excluding carboxylic acids is 1. The molecule has 1 unspecified atom stereocenters. The van der Waals surface area contributed by atoms with Gasteiger partial charge >= 0.3 is 6.18 Å². The van der Waals surface area contributed by atoms with Gasteiger partial charge in [0.1, 0.15) is 5.82 Å². The van der Waals surface area contributed by atoms with Crippen molar-refractivity contribution in [2.45, 2.75) is 38.3 Å². The van der Waals surface area contributed by atoms with Crippen LogP contribution in [0.25, 0.3) is 5.69 Å². The molecule has 10 heteroatoms. The highest BCUT2D eigenvalue weighted by Crippen LogP contribution is 2.49. The molecule has 0 amide bonds. The molecule has 0 spiro atoms. The van der Waals surface area contributed by atoms with E-state index in [-0.39, 0.29) is 28.0 Å². The molecule has 1 aliphatic heterocycles. The lowest BCUT2D eigenvalue weighted by Crippen LogP contribution is -2.27. The van der Waals surface area contributed by atoms with Gasteiger partial charge in [-0.25, -0.2) is 4.68 Å². The third-order valence-electron chi connectivity index (χ3n) is 6.45. The Bertz CT molecular complexity index is 1390. The first-order valence-corrected chi connectivity index (χ1v) is 11.3. The van der Waals surface area contributed by atoms with Gasteiger partial charge in [0.25, 0.3) is 0 Å². The molecule has 0 saturated heterocycles. The predicted octanol–water partition coefficient (Wildman–Crippen LogP) is 6.13. The Hall–Kier alpha value is -3.46. The molecule has 5 rings (SSSR count). The fourth-order valence-electron chi connectivity index (χ4n) is 4.85. The van der Waals surface area contributed by atoms with Crippen LogP contribution in [-0.4, -0.2) is 27.8 Å². The number of aryl methyl sites for hydroxylation is 1. The average molecular weight is 504 g/mol. The number of aromatic nitrogens is 2. The molecule has 0 bridgehead atoms. The molecule has 0 fully saturated rings. The smallest absolute Gasteiger partial charge is 0.416 e. The molecule has 6 nitrogen and oxygen atoms in total. The van der Waals surface area contributed by atoms with E-state index in [4.69, 9.17) is 16.3 Å². The standard InChI is InChI=1S/C25H21ClF3N3O3/c1-12-21-22(13-6-9-18(33)20(10-13)35-2)23-16(4-3-5-19(23)34)30-24(21)32(31-12)17-11-14(25(27,28)29)7-8-15(17)26/h6-11,22,30,33H,3-5H2,1-2H3. The van der Waals surface area contributed by atoms with E-state index in [1.165, 1.54) is 23.9 Å². The lowest BCUT2D eigenvalue weighted by atomic mass is 9.76. The highest BCUT2D eigenvalue weighted by Gasteiger charge is 2.39. The summed E-state index contributed by atoms with van der Waals surface area (Å²) in [6, 6.07) is 7.95. The van der Waals surface area contributed by atoms with Crippen molar-refractivity contribution in [1.29, 1.82) is 0 Å². The van der Waals surface area contributed by atoms with Crippen LogP contribution in [0.3, 0.4) is 0 Å². The maximum atomic E-state index is 13.4. The van der Waals surface area contributed by atoms with E-state index in [1.807, 2.05) is 0 Å². The number of rotatable bonds is 3. The third kappa shape index (κ3) is 3.83. The van der Waals surface area contributed by atoms with Crippen molar-refractivity contribution in [1.82, 2.24) is 9.78 Å². The number of hydrogen-bond donors (Lipinski definition) is 2. The number of hydrogen-bond acceptors (Lipinski definition) is 5. The minimum Gasteiger partial charge on any atom is -0.504 e. The summed E-state index contributed by atoms with van der Waals surface area (Å²) >= 11 is 6.34. The van der Waals surface area contributed by atoms with Crippen molar-refractivity contribution in [3.05, 3.63) is 75.1 Å². The molecular formula is C25H21ClF3N3O3. The van der Waals surface area contributed by atoms with Gasteiger partial charge < -0.3 is 15.2 Å². The number of ketones is 1. The molecule has 2 aliphatic rings. The number of ether oxygens (including phenoxy) is 1. The van der Waals surface area contributed by atoms with E-state index >= 15 is 0 Å². The molecule has 0 saturated carbocycles. The molecule has 2 aromatic carbocycles. The lowest BCUT2D eigenvalue weighted by Gasteiger charge is -2.33. The first-order chi connectivity index (χ1) is 16.6. The highest BCUT2D eigenvalue weighted by atomic mass is 35.5. The first-order valence-electron chi connectivity index (χ1n) is 11.0. The number of nitrogens with one attached hydrogen (secondary N) is 1. The molecule has 2 N–H and O–H groups in total. The quantitative estimate of drug-likeness (QED) is 0.449. The first kappa shape index (κ1) is 23.3. The number of fused-ring (bicyclic) bond motifs is 1. The minimum absolute atomic E-state index is 0.00862. The van der Waals surface area contributed by atoms with Crippen LogP contribution in [0.4, 0.5) is 19.0 Å². The zero-order valence-corrected chi connectivity index (χ0v) is 19.6. The summed E-state index contributed by atoms with van der Waals surface area (Å²) in [5.41, 5.74) is 2.41. The van der Waals surface area contributed by atoms with Gasteiger partial charge in [0.05, 0.1) is 29.1 Å². The van der Waals surface area contributed by atoms with Crippen molar-refractivity contribution in [2.24, 2.45) is 0 Å². The minimum atomic E-state index is -4.55. The normalized spacial score (nSPS) is 17.7. The number of phenolic OH excluding ortho intramolecular Hbond substituents is 1. The summed E-state index contributed by atoms with van der Waals surface area (Å²) in [4.78, 5) is 13.1. The van der Waals surface area contributed by atoms with E-state index in [0.29, 0.717) is 53.2 Å². The van der Waals surface area contributed by atoms with Gasteiger partial charge in [-0.15, -0.1) is 0 Å². The van der Waals surface area contributed by atoms with Gasteiger partial charge in [-0.3, -0.25) is 4.79 Å². The Kier molecular flexibility index (Phi) is 5.55. The second kappa shape index (κ2) is 8.34. The zero-order valence-electron chi connectivity index (χ0n) is 18.8. The van der Waals surface area contributed by atoms with Gasteiger partial charge in [0.2, 0.25) is 0 Å². The maximum Gasteiger partial charge on any atom is 0.416 e. The summed E-state index contributed by atoms with van der Waals surface area (Å²) in [7, 11) is 1.43. The van der Waals surface area contributed by atoms with Crippen LogP contribution in [0.1, 0.15) is 47.6 Å². The van der Waals surface area contributed by atoms with Crippen LogP contribution in [0.5, 0.6) is 11.5 Å². The number of benzene rings is 2. The summed E-state index contributed by atoms with van der Waals surface area (Å²) in [5, 5.41) is 18.0. The van der Waals surface area contributed by atoms with Crippen LogP contribution in [0.2, 0.25) is 5.02 Å². The Balaban J connectivity index is 1.75. The molecule has 3 aromatic rings. The summed E-state index contributed by atoms with van der Waals surface area (Å²) in [6.45, 7) is 1.74. The average Bonchev–Trinajstić information content (AvgIpc) is 3.13. The number of nitrogens with zero attached hydrogens (tertiary/aromatic N) is 2. The molecule has 35 heavy (non-hydrogen) atoms. The highest BCUT2D eigenvalue weighted by molar-refractivity contribution is 6.32. The summed E-state index contributed by atoms with van der Waals surface area (Å²) in [6.07, 6.45) is -2.89. The zero-order chi connectivity index (χ0) is 25.1. The summed E-state index contributed by atoms with van der Waals surface area (Å²) in [5.74, 6) is 0.110. The van der Waals surface area contributed by atoms with E-state index in [1.54, 1.807) is 19.1 Å². The Labute approximate surface area is 204 Å². The van der Waals surface area contributed by atoms with Gasteiger partial charge in [0, 0.05) is 29.2 Å². The molecule has 182 valence electrons. The Morgan fingerprint density at radius 1 is 1.20 bits per heavy atom. The van der Waals surface area contributed by atoms with Crippen molar-refractivity contribution in [3.8, 4) is 17.2 Å². The maximum absolute atomic E-state index is 13.4. The Morgan fingerprint density at radius 3 is 2.69 bits per heavy atom. The second-order valence-corrected chi connectivity index (χ2v) is 8.99. The largest absolute Gasteiger partial charge is 0.504 e. The van der Waals surface area contributed by atoms with E-state index in [2.05, 4.69) is 10.4 Å². The molecule has 1 aromatic heterocycles. The van der Waals surface area contributed by atoms with Crippen LogP contribution in [0, 0.1) is 6.92 Å². The van der Waals surface area contributed by atoms with E-state index < -0.39 is 17.7 Å². The monoisotopic (exact) mass is 503 g/mol. The van der Waals surface area contributed by atoms with Crippen molar-refractivity contribution < 1.29 is 27.8 Å². The third-order valence-corrected chi connectivity index (χ3v) is 6.77. The number of halogens is 4. The number of allylic oxidation sites excluding steroid dienone is 2. The number of alkyl halides is 3. The van der Waals surface area contributed by atoms with Gasteiger partial charge in [-0.1, -0.05) is 17.7 Å². The second-order valence-electron chi connectivity index (χ2n) is 8.58. The molecule has 1 aliphatic carbocycles. The molecule has 2 heterocycles. The number of Topliss-reactive ketones (excluding diaryl/α,β-unsaturated/α-hetero) is 1. The van der Waals surface area contributed by atoms with Crippen molar-refractivity contribution in [2.75, 3.05) is 12.4 Å². The predicted molar refractivity (Wildman–Crippen MR) is 124 cm³/mol. The number of aromatic hydroxyl groups is 1. The van der Waals surface area contributed by atoms with Gasteiger partial charge in [-0.2, -0.15) is 18.3 Å². The van der Waals surface area contributed by atoms with E-state index in [9.17, 15) is 23.1 Å². The van der Waals surface area contributed by atoms with Gasteiger partial charge in [0.15, 0.2) is 17.3 Å². The van der Waals surface area contributed by atoms with Crippen LogP contribution in [0.15, 0.2) is 47.7 Å². The van der Waals surface area contributed by atoms with E-state index in [0.717, 1.165) is 12.1 Å². The SMILES string of the molecule is COc1cc(C2C3=C(CCCC3=O)Nc3c2c(C)nn3-c2cc(C(F)(F)F)ccc2Cl)ccc1O. The topological polar surface area (TPSA) is 76.4 Å². The number of carbonyl (C=O) groups is 1. The van der Waals surface area contributed by atoms with Crippen molar-refractivity contribution >= 4 is 23.2 Å². The number of anilines is 1. The molecular weight excluding hydrogens is 483 g/mol. The fraction of sp³-hybridized carbons (Fsp3) is 0.280. The van der Waals surface area contributed by atoms with Crippen LogP contribution in [-0.2, 0) is 11.0 Å². The molecule has 1 atom stereocenters. The Morgan fingerprint density at radius 2 is 1.97 bits per heavy atom. The van der Waals surface area contributed by atoms with Crippen LogP contribution < -0.4 is 10.1 Å². The summed E-state index contributed by atoms with van der Waals surface area (Å²) < 4.78 is 47.0. The molecule has 0 radical (unpaired) electrons. The lowest BCUT2D eigenvalue weighted by molar-refractivity contribution is -0.137. The fourth-order valence-corrected chi connectivity index (χ4v) is 5.05. The van der Waals surface area contributed by atoms with Crippen LogP contribution >= 0.6 is 11.6 Å². The van der Waals surface area contributed by atoms with Gasteiger partial charge in [-0.05, 0) is 55.7 Å². The number of phenols is 1.